The fourth-order valence-corrected chi connectivity index (χ4v) is 1.79. The molecule has 102 valence electrons. The number of aromatic nitrogens is 2. The van der Waals surface area contributed by atoms with Gasteiger partial charge in [0.2, 0.25) is 5.95 Å². The molecule has 0 saturated heterocycles. The lowest BCUT2D eigenvalue weighted by molar-refractivity contribution is 0.190. The highest BCUT2D eigenvalue weighted by Gasteiger charge is 2.12. The second-order valence-corrected chi connectivity index (χ2v) is 4.22. The number of ether oxygens (including phenoxy) is 1. The minimum atomic E-state index is -0.512. The molecule has 19 heavy (non-hydrogen) atoms. The van der Waals surface area contributed by atoms with Crippen molar-refractivity contribution in [1.29, 1.82) is 0 Å². The Bertz CT molecular complexity index is 557. The van der Waals surface area contributed by atoms with Gasteiger partial charge in [-0.25, -0.2) is 13.8 Å². The number of anilines is 1. The van der Waals surface area contributed by atoms with Crippen LogP contribution in [0.3, 0.4) is 0 Å². The Labute approximate surface area is 110 Å². The van der Waals surface area contributed by atoms with E-state index in [0.717, 1.165) is 18.2 Å². The van der Waals surface area contributed by atoms with Crippen molar-refractivity contribution in [1.82, 2.24) is 9.55 Å². The van der Waals surface area contributed by atoms with Crippen LogP contribution in [0.15, 0.2) is 30.6 Å². The highest BCUT2D eigenvalue weighted by molar-refractivity contribution is 5.43. The minimum Gasteiger partial charge on any atom is -0.383 e. The smallest absolute Gasteiger partial charge is 0.207 e. The van der Waals surface area contributed by atoms with E-state index in [4.69, 9.17) is 4.74 Å². The zero-order valence-corrected chi connectivity index (χ0v) is 10.7. The topological polar surface area (TPSA) is 39.1 Å². The van der Waals surface area contributed by atoms with Crippen LogP contribution in [0, 0.1) is 11.6 Å². The van der Waals surface area contributed by atoms with Gasteiger partial charge < -0.3 is 10.1 Å². The van der Waals surface area contributed by atoms with E-state index < -0.39 is 11.6 Å². The van der Waals surface area contributed by atoms with Crippen LogP contribution in [0.1, 0.15) is 6.92 Å². The number of methoxy groups -OCH3 is 1. The quantitative estimate of drug-likeness (QED) is 0.905. The lowest BCUT2D eigenvalue weighted by Crippen LogP contribution is -2.23. The minimum absolute atomic E-state index is 0.00257. The highest BCUT2D eigenvalue weighted by Crippen LogP contribution is 2.19. The molecule has 0 saturated carbocycles. The maximum absolute atomic E-state index is 13.7. The first-order valence-corrected chi connectivity index (χ1v) is 5.86. The molecule has 2 aromatic rings. The van der Waals surface area contributed by atoms with E-state index >= 15 is 0 Å². The molecule has 1 atom stereocenters. The van der Waals surface area contributed by atoms with Crippen LogP contribution in [0.2, 0.25) is 0 Å². The van der Waals surface area contributed by atoms with Crippen molar-refractivity contribution in [3.05, 3.63) is 42.2 Å². The van der Waals surface area contributed by atoms with Crippen LogP contribution in [0.5, 0.6) is 0 Å². The molecule has 0 aliphatic heterocycles. The lowest BCUT2D eigenvalue weighted by atomic mass is 10.3. The summed E-state index contributed by atoms with van der Waals surface area (Å²) >= 11 is 0. The Hall–Kier alpha value is -1.95. The van der Waals surface area contributed by atoms with Crippen molar-refractivity contribution < 1.29 is 13.5 Å². The van der Waals surface area contributed by atoms with Crippen molar-refractivity contribution in [2.45, 2.75) is 13.0 Å². The van der Waals surface area contributed by atoms with Gasteiger partial charge in [0.05, 0.1) is 12.3 Å². The summed E-state index contributed by atoms with van der Waals surface area (Å²) in [6.45, 7) is 2.39. The van der Waals surface area contributed by atoms with Crippen LogP contribution >= 0.6 is 0 Å². The molecule has 1 unspecified atom stereocenters. The first-order chi connectivity index (χ1) is 9.11. The fraction of sp³-hybridized carbons (Fsp3) is 0.308. The first-order valence-electron chi connectivity index (χ1n) is 5.86. The molecule has 0 bridgehead atoms. The van der Waals surface area contributed by atoms with Crippen molar-refractivity contribution in [3.8, 4) is 5.69 Å². The number of rotatable bonds is 5. The van der Waals surface area contributed by atoms with Gasteiger partial charge in [-0.05, 0) is 19.1 Å². The molecule has 6 heteroatoms. The van der Waals surface area contributed by atoms with Crippen molar-refractivity contribution >= 4 is 5.95 Å². The molecule has 4 nitrogen and oxygen atoms in total. The number of nitrogens with one attached hydrogen (secondary N) is 1. The third-order valence-electron chi connectivity index (χ3n) is 2.60. The molecule has 0 radical (unpaired) electrons. The third kappa shape index (κ3) is 3.08. The molecular weight excluding hydrogens is 252 g/mol. The van der Waals surface area contributed by atoms with Gasteiger partial charge in [0.1, 0.15) is 11.6 Å². The van der Waals surface area contributed by atoms with Crippen LogP contribution in [-0.4, -0.2) is 29.3 Å². The van der Waals surface area contributed by atoms with Gasteiger partial charge in [-0.2, -0.15) is 0 Å². The van der Waals surface area contributed by atoms with Gasteiger partial charge in [-0.1, -0.05) is 0 Å². The van der Waals surface area contributed by atoms with Crippen molar-refractivity contribution in [3.63, 3.8) is 0 Å². The van der Waals surface area contributed by atoms with E-state index in [9.17, 15) is 8.78 Å². The summed E-state index contributed by atoms with van der Waals surface area (Å²) in [4.78, 5) is 4.09. The maximum atomic E-state index is 13.7. The SMILES string of the molecule is COCC(C)Nc1nccn1-c1cc(F)ccc1F. The molecule has 0 spiro atoms. The van der Waals surface area contributed by atoms with Gasteiger partial charge >= 0.3 is 0 Å². The van der Waals surface area contributed by atoms with Crippen LogP contribution in [0.4, 0.5) is 14.7 Å². The van der Waals surface area contributed by atoms with E-state index in [-0.39, 0.29) is 11.7 Å². The largest absolute Gasteiger partial charge is 0.383 e. The lowest BCUT2D eigenvalue weighted by Gasteiger charge is -2.15. The zero-order valence-electron chi connectivity index (χ0n) is 10.7. The second kappa shape index (κ2) is 5.79. The fourth-order valence-electron chi connectivity index (χ4n) is 1.79. The molecule has 0 amide bonds. The Morgan fingerprint density at radius 3 is 2.95 bits per heavy atom. The van der Waals surface area contributed by atoms with Crippen LogP contribution < -0.4 is 5.32 Å². The molecule has 1 heterocycles. The van der Waals surface area contributed by atoms with E-state index in [1.54, 1.807) is 13.3 Å². The highest BCUT2D eigenvalue weighted by atomic mass is 19.1. The monoisotopic (exact) mass is 267 g/mol. The van der Waals surface area contributed by atoms with Crippen LogP contribution in [0.25, 0.3) is 5.69 Å². The van der Waals surface area contributed by atoms with Gasteiger partial charge in [-0.15, -0.1) is 0 Å². The van der Waals surface area contributed by atoms with Gasteiger partial charge in [0, 0.05) is 31.6 Å². The average Bonchev–Trinajstić information content (AvgIpc) is 2.80. The van der Waals surface area contributed by atoms with E-state index in [1.807, 2.05) is 6.92 Å². The van der Waals surface area contributed by atoms with Gasteiger partial charge in [0.25, 0.3) is 0 Å². The number of halogens is 2. The number of nitrogens with zero attached hydrogens (tertiary/aromatic N) is 2. The molecule has 0 aliphatic carbocycles. The summed E-state index contributed by atoms with van der Waals surface area (Å²) in [6.07, 6.45) is 3.09. The molecule has 0 fully saturated rings. The Morgan fingerprint density at radius 2 is 2.21 bits per heavy atom. The number of hydrogen-bond acceptors (Lipinski definition) is 3. The van der Waals surface area contributed by atoms with Crippen LogP contribution in [-0.2, 0) is 4.74 Å². The number of imidazole rings is 1. The summed E-state index contributed by atoms with van der Waals surface area (Å²) in [6, 6.07) is 3.30. The molecule has 1 aromatic carbocycles. The van der Waals surface area contributed by atoms with E-state index in [1.165, 1.54) is 10.8 Å². The molecule has 0 aliphatic rings. The Morgan fingerprint density at radius 1 is 1.42 bits per heavy atom. The molecule has 1 aromatic heterocycles. The Kier molecular flexibility index (Phi) is 4.11. The third-order valence-corrected chi connectivity index (χ3v) is 2.60. The summed E-state index contributed by atoms with van der Waals surface area (Å²) in [5.74, 6) is -0.572. The maximum Gasteiger partial charge on any atom is 0.207 e. The predicted octanol–water partition coefficient (Wildman–Crippen LogP) is 2.60. The number of benzene rings is 1. The normalized spacial score (nSPS) is 12.4. The molecular formula is C13H15F2N3O. The molecule has 1 N–H and O–H groups in total. The van der Waals surface area contributed by atoms with Gasteiger partial charge in [-0.3, -0.25) is 4.57 Å². The van der Waals surface area contributed by atoms with E-state index in [0.29, 0.717) is 12.6 Å². The second-order valence-electron chi connectivity index (χ2n) is 4.22. The van der Waals surface area contributed by atoms with Gasteiger partial charge in [0.15, 0.2) is 0 Å². The summed E-state index contributed by atoms with van der Waals surface area (Å²) in [5, 5.41) is 3.07. The summed E-state index contributed by atoms with van der Waals surface area (Å²) in [5.41, 5.74) is 0.115. The van der Waals surface area contributed by atoms with Crippen molar-refractivity contribution in [2.24, 2.45) is 0 Å². The first kappa shape index (κ1) is 13.5. The van der Waals surface area contributed by atoms with E-state index in [2.05, 4.69) is 10.3 Å². The summed E-state index contributed by atoms with van der Waals surface area (Å²) in [7, 11) is 1.59. The average molecular weight is 267 g/mol. The Balaban J connectivity index is 2.31. The van der Waals surface area contributed by atoms with Crippen molar-refractivity contribution in [2.75, 3.05) is 19.0 Å². The molecule has 2 rings (SSSR count). The number of hydrogen-bond donors (Lipinski definition) is 1. The zero-order chi connectivity index (χ0) is 13.8. The summed E-state index contributed by atoms with van der Waals surface area (Å²) < 4.78 is 33.4. The standard InChI is InChI=1S/C13H15F2N3O/c1-9(8-19-2)17-13-16-5-6-18(13)12-7-10(14)3-4-11(12)15/h3-7,9H,8H2,1-2H3,(H,16,17). The predicted molar refractivity (Wildman–Crippen MR) is 68.4 cm³/mol.